The van der Waals surface area contributed by atoms with Crippen LogP contribution in [0.1, 0.15) is 39.0 Å². The predicted molar refractivity (Wildman–Crippen MR) is 69.4 cm³/mol. The Morgan fingerprint density at radius 3 is 1.81 bits per heavy atom. The average Bonchev–Trinajstić information content (AvgIpc) is 2.34. The minimum Gasteiger partial charge on any atom is -0.295 e. The zero-order valence-electron chi connectivity index (χ0n) is 10.2. The maximum atomic E-state index is 10.7. The molecule has 0 heterocycles. The minimum atomic E-state index is -0.130. The molecule has 0 radical (unpaired) electrons. The molecule has 0 bridgehead atoms. The first kappa shape index (κ1) is 17.0. The molecule has 2 nitrogen and oxygen atoms in total. The van der Waals surface area contributed by atoms with Gasteiger partial charge in [-0.05, 0) is 24.6 Å². The number of carbonyl (C=O) groups is 2. The molecule has 0 aromatic heterocycles. The van der Waals surface area contributed by atoms with Gasteiger partial charge in [0.15, 0.2) is 11.6 Å². The van der Waals surface area contributed by atoms with E-state index in [1.54, 1.807) is 0 Å². The molecule has 0 spiro atoms. The monoisotopic (exact) mass is 222 g/mol. The first-order valence-electron chi connectivity index (χ1n) is 5.56. The molecule has 0 N–H and O–H groups in total. The van der Waals surface area contributed by atoms with Gasteiger partial charge in [-0.1, -0.05) is 45.9 Å². The second-order valence-electron chi connectivity index (χ2n) is 3.29. The number of hydrogen-bond acceptors (Lipinski definition) is 2. The van der Waals surface area contributed by atoms with E-state index in [-0.39, 0.29) is 11.6 Å². The van der Waals surface area contributed by atoms with Crippen LogP contribution in [0, 0.1) is 0 Å². The smallest absolute Gasteiger partial charge is 0.177 e. The van der Waals surface area contributed by atoms with Crippen LogP contribution < -0.4 is 0 Å². The fourth-order valence-electron chi connectivity index (χ4n) is 0.911. The van der Waals surface area contributed by atoms with Gasteiger partial charge in [0.1, 0.15) is 0 Å². The van der Waals surface area contributed by atoms with Gasteiger partial charge in [-0.2, -0.15) is 0 Å². The highest BCUT2D eigenvalue weighted by molar-refractivity contribution is 5.98. The molecule has 0 aliphatic carbocycles. The van der Waals surface area contributed by atoms with Crippen molar-refractivity contribution in [3.8, 4) is 0 Å². The maximum absolute atomic E-state index is 10.7. The fraction of sp³-hybridized carbons (Fsp3) is 0.429. The molecule has 0 fully saturated rings. The summed E-state index contributed by atoms with van der Waals surface area (Å²) in [6.07, 6.45) is 9.19. The third-order valence-corrected chi connectivity index (χ3v) is 1.91. The Balaban J connectivity index is 0. The Morgan fingerprint density at radius 1 is 0.938 bits per heavy atom. The predicted octanol–water partition coefficient (Wildman–Crippen LogP) is 3.64. The van der Waals surface area contributed by atoms with E-state index in [0.717, 1.165) is 6.42 Å². The lowest BCUT2D eigenvalue weighted by Crippen LogP contribution is -1.90. The highest BCUT2D eigenvalue weighted by atomic mass is 16.1. The molecule has 0 atom stereocenters. The van der Waals surface area contributed by atoms with Crippen LogP contribution in [-0.2, 0) is 9.59 Å². The summed E-state index contributed by atoms with van der Waals surface area (Å²) in [5.41, 5.74) is 0. The van der Waals surface area contributed by atoms with Gasteiger partial charge < -0.3 is 0 Å². The molecular weight excluding hydrogens is 200 g/mol. The van der Waals surface area contributed by atoms with Crippen molar-refractivity contribution in [3.63, 3.8) is 0 Å². The largest absolute Gasteiger partial charge is 0.295 e. The highest BCUT2D eigenvalue weighted by Crippen LogP contribution is 2.02. The van der Waals surface area contributed by atoms with Crippen molar-refractivity contribution in [2.75, 3.05) is 0 Å². The summed E-state index contributed by atoms with van der Waals surface area (Å²) in [5, 5.41) is 0. The highest BCUT2D eigenvalue weighted by Gasteiger charge is 1.93. The second-order valence-corrected chi connectivity index (χ2v) is 3.29. The minimum absolute atomic E-state index is 0.130. The van der Waals surface area contributed by atoms with E-state index in [9.17, 15) is 9.59 Å². The van der Waals surface area contributed by atoms with Crippen molar-refractivity contribution in [2.24, 2.45) is 0 Å². The molecule has 0 aromatic rings. The number of hydrogen-bond donors (Lipinski definition) is 0. The van der Waals surface area contributed by atoms with Crippen molar-refractivity contribution < 1.29 is 9.59 Å². The van der Waals surface area contributed by atoms with Gasteiger partial charge in [0.25, 0.3) is 0 Å². The zero-order chi connectivity index (χ0) is 12.8. The van der Waals surface area contributed by atoms with Crippen LogP contribution in [0.3, 0.4) is 0 Å². The molecule has 0 saturated carbocycles. The number of unbranched alkanes of at least 4 members (excludes halogenated alkanes) is 3. The van der Waals surface area contributed by atoms with Crippen LogP contribution >= 0.6 is 0 Å². The first-order valence-corrected chi connectivity index (χ1v) is 5.56. The molecule has 0 aliphatic heterocycles. The van der Waals surface area contributed by atoms with Crippen LogP contribution in [0.25, 0.3) is 0 Å². The quantitative estimate of drug-likeness (QED) is 0.464. The summed E-state index contributed by atoms with van der Waals surface area (Å²) in [4.78, 5) is 20.6. The summed E-state index contributed by atoms with van der Waals surface area (Å²) in [6, 6.07) is 0. The molecule has 0 amide bonds. The first-order chi connectivity index (χ1) is 7.62. The molecule has 0 rings (SSSR count). The summed E-state index contributed by atoms with van der Waals surface area (Å²) in [5.74, 6) is 0.0473. The van der Waals surface area contributed by atoms with Crippen molar-refractivity contribution in [2.45, 2.75) is 39.0 Å². The SMILES string of the molecule is C=CC(=O)C=C.C=CC(=O)CCCCCC. The third kappa shape index (κ3) is 15.1. The van der Waals surface area contributed by atoms with Gasteiger partial charge in [0.2, 0.25) is 0 Å². The Bertz CT molecular complexity index is 229. The van der Waals surface area contributed by atoms with Crippen LogP contribution in [-0.4, -0.2) is 11.6 Å². The van der Waals surface area contributed by atoms with E-state index >= 15 is 0 Å². The van der Waals surface area contributed by atoms with Crippen LogP contribution in [0.4, 0.5) is 0 Å². The number of carbonyl (C=O) groups excluding carboxylic acids is 2. The van der Waals surface area contributed by atoms with E-state index in [1.807, 2.05) is 0 Å². The van der Waals surface area contributed by atoms with Gasteiger partial charge in [-0.15, -0.1) is 0 Å². The molecule has 2 heteroatoms. The fourth-order valence-corrected chi connectivity index (χ4v) is 0.911. The van der Waals surface area contributed by atoms with Gasteiger partial charge in [-0.3, -0.25) is 9.59 Å². The lowest BCUT2D eigenvalue weighted by Gasteiger charge is -1.94. The van der Waals surface area contributed by atoms with E-state index in [1.165, 1.54) is 37.5 Å². The summed E-state index contributed by atoms with van der Waals surface area (Å²) >= 11 is 0. The van der Waals surface area contributed by atoms with E-state index in [4.69, 9.17) is 0 Å². The molecule has 16 heavy (non-hydrogen) atoms. The molecular formula is C14H22O2. The van der Waals surface area contributed by atoms with Gasteiger partial charge in [0.05, 0.1) is 0 Å². The Morgan fingerprint density at radius 2 is 1.50 bits per heavy atom. The number of ketones is 2. The summed E-state index contributed by atoms with van der Waals surface area (Å²) in [6.45, 7) is 12.0. The van der Waals surface area contributed by atoms with Gasteiger partial charge in [0, 0.05) is 6.42 Å². The Hall–Kier alpha value is -1.44. The lowest BCUT2D eigenvalue weighted by atomic mass is 10.1. The van der Waals surface area contributed by atoms with Crippen molar-refractivity contribution in [1.82, 2.24) is 0 Å². The summed E-state index contributed by atoms with van der Waals surface area (Å²) in [7, 11) is 0. The Labute approximate surface area is 98.7 Å². The van der Waals surface area contributed by atoms with E-state index in [2.05, 4.69) is 26.7 Å². The van der Waals surface area contributed by atoms with Crippen LogP contribution in [0.5, 0.6) is 0 Å². The van der Waals surface area contributed by atoms with E-state index < -0.39 is 0 Å². The van der Waals surface area contributed by atoms with Crippen molar-refractivity contribution >= 4 is 11.6 Å². The molecule has 0 aromatic carbocycles. The van der Waals surface area contributed by atoms with Crippen molar-refractivity contribution in [1.29, 1.82) is 0 Å². The van der Waals surface area contributed by atoms with E-state index in [0.29, 0.717) is 6.42 Å². The molecule has 0 aliphatic rings. The normalized spacial score (nSPS) is 8.31. The van der Waals surface area contributed by atoms with Crippen LogP contribution in [0.15, 0.2) is 38.0 Å². The average molecular weight is 222 g/mol. The molecule has 0 saturated heterocycles. The standard InChI is InChI=1S/C9H16O.C5H6O/c1-3-5-6-7-8-9(10)4-2;1-3-5(6)4-2/h4H,2-3,5-8H2,1H3;3-4H,1-2H2. The summed E-state index contributed by atoms with van der Waals surface area (Å²) < 4.78 is 0. The third-order valence-electron chi connectivity index (χ3n) is 1.91. The molecule has 0 unspecified atom stereocenters. The second kappa shape index (κ2) is 13.6. The zero-order valence-corrected chi connectivity index (χ0v) is 10.2. The number of rotatable bonds is 8. The van der Waals surface area contributed by atoms with Crippen LogP contribution in [0.2, 0.25) is 0 Å². The lowest BCUT2D eigenvalue weighted by molar-refractivity contribution is -0.114. The maximum Gasteiger partial charge on any atom is 0.177 e. The number of allylic oxidation sites excluding steroid dienone is 3. The molecule has 90 valence electrons. The van der Waals surface area contributed by atoms with Crippen molar-refractivity contribution in [3.05, 3.63) is 38.0 Å². The van der Waals surface area contributed by atoms with Gasteiger partial charge >= 0.3 is 0 Å². The Kier molecular flexibility index (Phi) is 14.4. The van der Waals surface area contributed by atoms with Gasteiger partial charge in [-0.25, -0.2) is 0 Å². The topological polar surface area (TPSA) is 34.1 Å².